The molecule has 0 spiro atoms. The van der Waals surface area contributed by atoms with Crippen molar-refractivity contribution in [3.8, 4) is 0 Å². The third-order valence-corrected chi connectivity index (χ3v) is 2.10. The maximum Gasteiger partial charge on any atom is 0.331 e. The number of rotatable bonds is 4. The van der Waals surface area contributed by atoms with Gasteiger partial charge in [-0.25, -0.2) is 4.79 Å². The molecular weight excluding hydrogens is 188 g/mol. The Morgan fingerprint density at radius 2 is 2.07 bits per heavy atom. The van der Waals surface area contributed by atoms with Crippen LogP contribution in [0, 0.1) is 0 Å². The molecule has 0 radical (unpaired) electrons. The largest absolute Gasteiger partial charge is 0.460 e. The highest BCUT2D eigenvalue weighted by molar-refractivity contribution is 5.87. The molecule has 1 aromatic carbocycles. The van der Waals surface area contributed by atoms with Gasteiger partial charge in [0.2, 0.25) is 0 Å². The molecule has 0 N–H and O–H groups in total. The normalized spacial score (nSPS) is 12.7. The number of ether oxygens (including phenoxy) is 1. The zero-order valence-corrected chi connectivity index (χ0v) is 9.14. The van der Waals surface area contributed by atoms with Crippen LogP contribution in [-0.2, 0) is 9.53 Å². The number of hydrogen-bond donors (Lipinski definition) is 0. The minimum Gasteiger partial charge on any atom is -0.460 e. The van der Waals surface area contributed by atoms with Crippen molar-refractivity contribution in [1.82, 2.24) is 0 Å². The van der Waals surface area contributed by atoms with Gasteiger partial charge < -0.3 is 4.74 Å². The van der Waals surface area contributed by atoms with E-state index in [1.807, 2.05) is 44.2 Å². The highest BCUT2D eigenvalue weighted by atomic mass is 16.5. The molecule has 0 aliphatic carbocycles. The molecule has 0 bridgehead atoms. The van der Waals surface area contributed by atoms with Gasteiger partial charge in [-0.3, -0.25) is 0 Å². The molecule has 1 atom stereocenters. The van der Waals surface area contributed by atoms with Gasteiger partial charge in [-0.2, -0.15) is 0 Å². The number of carbonyl (C=O) groups excluding carboxylic acids is 1. The highest BCUT2D eigenvalue weighted by Gasteiger charge is 2.02. The fourth-order valence-corrected chi connectivity index (χ4v) is 1.05. The lowest BCUT2D eigenvalue weighted by Crippen LogP contribution is -2.11. The molecule has 0 saturated carbocycles. The summed E-state index contributed by atoms with van der Waals surface area (Å²) in [5.41, 5.74) is 0.999. The lowest BCUT2D eigenvalue weighted by molar-refractivity contribution is -0.142. The quantitative estimate of drug-likeness (QED) is 0.556. The Kier molecular flexibility index (Phi) is 4.61. The minimum absolute atomic E-state index is 0.0158. The van der Waals surface area contributed by atoms with Gasteiger partial charge in [0.15, 0.2) is 0 Å². The third kappa shape index (κ3) is 4.45. The van der Waals surface area contributed by atoms with Crippen molar-refractivity contribution < 1.29 is 9.53 Å². The van der Waals surface area contributed by atoms with E-state index in [1.165, 1.54) is 6.08 Å². The Balaban J connectivity index is 2.48. The molecule has 0 heterocycles. The number of hydrogen-bond acceptors (Lipinski definition) is 2. The van der Waals surface area contributed by atoms with Crippen molar-refractivity contribution in [3.05, 3.63) is 42.0 Å². The predicted molar refractivity (Wildman–Crippen MR) is 61.3 cm³/mol. The van der Waals surface area contributed by atoms with Gasteiger partial charge >= 0.3 is 5.97 Å². The molecule has 0 unspecified atom stereocenters. The van der Waals surface area contributed by atoms with Gasteiger partial charge in [0.1, 0.15) is 0 Å². The summed E-state index contributed by atoms with van der Waals surface area (Å²) in [4.78, 5) is 11.3. The monoisotopic (exact) mass is 204 g/mol. The van der Waals surface area contributed by atoms with Crippen LogP contribution >= 0.6 is 0 Å². The van der Waals surface area contributed by atoms with Gasteiger partial charge in [-0.15, -0.1) is 0 Å². The topological polar surface area (TPSA) is 26.3 Å². The minimum atomic E-state index is -0.284. The van der Waals surface area contributed by atoms with Crippen LogP contribution in [0.5, 0.6) is 0 Å². The van der Waals surface area contributed by atoms with Crippen LogP contribution in [0.1, 0.15) is 25.8 Å². The smallest absolute Gasteiger partial charge is 0.331 e. The summed E-state index contributed by atoms with van der Waals surface area (Å²) in [7, 11) is 0. The van der Waals surface area contributed by atoms with Crippen LogP contribution in [-0.4, -0.2) is 12.1 Å². The van der Waals surface area contributed by atoms with E-state index >= 15 is 0 Å². The zero-order valence-electron chi connectivity index (χ0n) is 9.14. The molecule has 0 aliphatic rings. The first-order valence-corrected chi connectivity index (χ1v) is 5.16. The molecule has 0 aromatic heterocycles. The SMILES string of the molecule is CC[C@@H](C)OC(=O)/C=C/c1ccccc1. The summed E-state index contributed by atoms with van der Waals surface area (Å²) >= 11 is 0. The van der Waals surface area contributed by atoms with Crippen LogP contribution < -0.4 is 0 Å². The molecule has 1 aromatic rings. The maximum absolute atomic E-state index is 11.3. The molecular formula is C13H16O2. The second kappa shape index (κ2) is 6.02. The average Bonchev–Trinajstić information content (AvgIpc) is 2.27. The highest BCUT2D eigenvalue weighted by Crippen LogP contribution is 2.02. The van der Waals surface area contributed by atoms with Gasteiger partial charge in [0, 0.05) is 6.08 Å². The standard InChI is InChI=1S/C13H16O2/c1-3-11(2)15-13(14)10-9-12-7-5-4-6-8-12/h4-11H,3H2,1-2H3/b10-9+/t11-/m1/s1. The molecule has 80 valence electrons. The van der Waals surface area contributed by atoms with E-state index in [0.717, 1.165) is 12.0 Å². The first-order chi connectivity index (χ1) is 7.22. The van der Waals surface area contributed by atoms with Gasteiger partial charge in [-0.1, -0.05) is 37.3 Å². The molecule has 2 nitrogen and oxygen atoms in total. The van der Waals surface area contributed by atoms with E-state index in [9.17, 15) is 4.79 Å². The Bertz CT molecular complexity index is 328. The van der Waals surface area contributed by atoms with E-state index in [1.54, 1.807) is 6.08 Å². The summed E-state index contributed by atoms with van der Waals surface area (Å²) < 4.78 is 5.10. The van der Waals surface area contributed by atoms with Crippen LogP contribution in [0.3, 0.4) is 0 Å². The lowest BCUT2D eigenvalue weighted by Gasteiger charge is -2.07. The predicted octanol–water partition coefficient (Wildman–Crippen LogP) is 3.04. The fourth-order valence-electron chi connectivity index (χ4n) is 1.05. The summed E-state index contributed by atoms with van der Waals surface area (Å²) in [6.07, 6.45) is 4.04. The fraction of sp³-hybridized carbons (Fsp3) is 0.308. The summed E-state index contributed by atoms with van der Waals surface area (Å²) in [5, 5.41) is 0. The van der Waals surface area contributed by atoms with E-state index < -0.39 is 0 Å². The molecule has 0 saturated heterocycles. The number of carbonyl (C=O) groups is 1. The Hall–Kier alpha value is -1.57. The molecule has 0 aliphatic heterocycles. The van der Waals surface area contributed by atoms with E-state index in [4.69, 9.17) is 4.74 Å². The first-order valence-electron chi connectivity index (χ1n) is 5.16. The van der Waals surface area contributed by atoms with Crippen molar-refractivity contribution in [2.45, 2.75) is 26.4 Å². The van der Waals surface area contributed by atoms with Crippen molar-refractivity contribution in [2.24, 2.45) is 0 Å². The van der Waals surface area contributed by atoms with Gasteiger partial charge in [0.05, 0.1) is 6.10 Å². The van der Waals surface area contributed by atoms with Crippen molar-refractivity contribution >= 4 is 12.0 Å². The maximum atomic E-state index is 11.3. The second-order valence-corrected chi connectivity index (χ2v) is 3.40. The molecule has 2 heteroatoms. The third-order valence-electron chi connectivity index (χ3n) is 2.10. The number of esters is 1. The van der Waals surface area contributed by atoms with Gasteiger partial charge in [-0.05, 0) is 25.0 Å². The zero-order chi connectivity index (χ0) is 11.1. The van der Waals surface area contributed by atoms with E-state index in [-0.39, 0.29) is 12.1 Å². The summed E-state index contributed by atoms with van der Waals surface area (Å²) in [6.45, 7) is 3.87. The summed E-state index contributed by atoms with van der Waals surface area (Å²) in [5.74, 6) is -0.284. The van der Waals surface area contributed by atoms with Crippen molar-refractivity contribution in [1.29, 1.82) is 0 Å². The van der Waals surface area contributed by atoms with Crippen molar-refractivity contribution in [2.75, 3.05) is 0 Å². The van der Waals surface area contributed by atoms with Gasteiger partial charge in [0.25, 0.3) is 0 Å². The van der Waals surface area contributed by atoms with E-state index in [0.29, 0.717) is 0 Å². The average molecular weight is 204 g/mol. The Labute approximate surface area is 90.6 Å². The van der Waals surface area contributed by atoms with E-state index in [2.05, 4.69) is 0 Å². The molecule has 0 amide bonds. The van der Waals surface area contributed by atoms with Crippen molar-refractivity contribution in [3.63, 3.8) is 0 Å². The molecule has 1 rings (SSSR count). The summed E-state index contributed by atoms with van der Waals surface area (Å²) in [6, 6.07) is 9.67. The first kappa shape index (κ1) is 11.5. The Morgan fingerprint density at radius 3 is 2.67 bits per heavy atom. The second-order valence-electron chi connectivity index (χ2n) is 3.40. The van der Waals surface area contributed by atoms with Crippen LogP contribution in [0.4, 0.5) is 0 Å². The Morgan fingerprint density at radius 1 is 1.40 bits per heavy atom. The number of benzene rings is 1. The van der Waals surface area contributed by atoms with Crippen LogP contribution in [0.2, 0.25) is 0 Å². The molecule has 0 fully saturated rings. The molecule has 15 heavy (non-hydrogen) atoms. The van der Waals surface area contributed by atoms with Crippen LogP contribution in [0.25, 0.3) is 6.08 Å². The lowest BCUT2D eigenvalue weighted by atomic mass is 10.2. The van der Waals surface area contributed by atoms with Crippen LogP contribution in [0.15, 0.2) is 36.4 Å².